The summed E-state index contributed by atoms with van der Waals surface area (Å²) in [6.45, 7) is 19.5. The zero-order chi connectivity index (χ0) is 16.6. The Morgan fingerprint density at radius 1 is 1.10 bits per heavy atom. The first-order chi connectivity index (χ1) is 8.47. The van der Waals surface area contributed by atoms with E-state index < -0.39 is 9.71 Å². The number of hydrogen-bond acceptors (Lipinski definition) is 2. The van der Waals surface area contributed by atoms with Gasteiger partial charge in [0.25, 0.3) is 0 Å². The van der Waals surface area contributed by atoms with E-state index in [1.807, 2.05) is 4.31 Å². The van der Waals surface area contributed by atoms with Gasteiger partial charge in [-0.3, -0.25) is 4.21 Å². The summed E-state index contributed by atoms with van der Waals surface area (Å²) in [6.07, 6.45) is 1.82. The van der Waals surface area contributed by atoms with Gasteiger partial charge in [-0.05, 0) is 52.8 Å². The molecule has 0 aliphatic heterocycles. The Morgan fingerprint density at radius 2 is 1.50 bits per heavy atom. The predicted molar refractivity (Wildman–Crippen MR) is 91.7 cm³/mol. The van der Waals surface area contributed by atoms with E-state index in [2.05, 4.69) is 68.2 Å². The molecular formula is C16H35NO2S. The zero-order valence-electron chi connectivity index (χ0n) is 15.2. The SMILES string of the molecule is C=S(C)(=O)N(CC(C)(C)OC(C)C(C)(C)C)C(C)(C)C. The zero-order valence-corrected chi connectivity index (χ0v) is 16.0. The Labute approximate surface area is 127 Å². The van der Waals surface area contributed by atoms with Crippen molar-refractivity contribution in [2.24, 2.45) is 5.41 Å². The van der Waals surface area contributed by atoms with Crippen molar-refractivity contribution in [1.29, 1.82) is 0 Å². The highest BCUT2D eigenvalue weighted by Gasteiger charge is 2.35. The summed E-state index contributed by atoms with van der Waals surface area (Å²) in [6, 6.07) is 0. The van der Waals surface area contributed by atoms with E-state index in [9.17, 15) is 4.21 Å². The molecule has 3 nitrogen and oxygen atoms in total. The maximum Gasteiger partial charge on any atom is 0.0767 e. The first-order valence-corrected chi connectivity index (χ1v) is 9.34. The van der Waals surface area contributed by atoms with Crippen LogP contribution in [0.4, 0.5) is 0 Å². The molecule has 0 rings (SSSR count). The molecule has 122 valence electrons. The Bertz CT molecular complexity index is 411. The van der Waals surface area contributed by atoms with Crippen molar-refractivity contribution < 1.29 is 8.95 Å². The van der Waals surface area contributed by atoms with Crippen LogP contribution in [0.2, 0.25) is 0 Å². The largest absolute Gasteiger partial charge is 0.371 e. The van der Waals surface area contributed by atoms with E-state index >= 15 is 0 Å². The molecule has 4 heteroatoms. The van der Waals surface area contributed by atoms with Gasteiger partial charge in [-0.1, -0.05) is 20.8 Å². The van der Waals surface area contributed by atoms with E-state index in [4.69, 9.17) is 4.74 Å². The average molecular weight is 306 g/mol. The third-order valence-corrected chi connectivity index (χ3v) is 5.06. The van der Waals surface area contributed by atoms with Crippen LogP contribution in [-0.2, 0) is 14.4 Å². The second-order valence-electron chi connectivity index (χ2n) is 8.55. The van der Waals surface area contributed by atoms with Gasteiger partial charge in [-0.25, -0.2) is 4.31 Å². The number of hydrogen-bond donors (Lipinski definition) is 0. The molecule has 0 aromatic carbocycles. The van der Waals surface area contributed by atoms with Crippen LogP contribution in [0.15, 0.2) is 0 Å². The van der Waals surface area contributed by atoms with Crippen molar-refractivity contribution in [3.8, 4) is 0 Å². The summed E-state index contributed by atoms with van der Waals surface area (Å²) in [5.74, 6) is 3.85. The van der Waals surface area contributed by atoms with Crippen LogP contribution < -0.4 is 0 Å². The highest BCUT2D eigenvalue weighted by Crippen LogP contribution is 2.29. The van der Waals surface area contributed by atoms with Gasteiger partial charge in [0.05, 0.1) is 11.7 Å². The molecule has 0 spiro atoms. The fourth-order valence-corrected chi connectivity index (χ4v) is 3.73. The molecule has 0 aliphatic carbocycles. The van der Waals surface area contributed by atoms with Crippen molar-refractivity contribution >= 4 is 15.6 Å². The Hall–Kier alpha value is -0.0600. The molecule has 0 aromatic rings. The minimum Gasteiger partial charge on any atom is -0.371 e. The van der Waals surface area contributed by atoms with Crippen molar-refractivity contribution in [3.05, 3.63) is 0 Å². The van der Waals surface area contributed by atoms with E-state index in [1.54, 1.807) is 6.26 Å². The van der Waals surface area contributed by atoms with Crippen LogP contribution in [0, 0.1) is 5.41 Å². The smallest absolute Gasteiger partial charge is 0.0767 e. The summed E-state index contributed by atoms with van der Waals surface area (Å²) in [7, 11) is -2.27. The maximum absolute atomic E-state index is 12.5. The minimum atomic E-state index is -2.27. The first kappa shape index (κ1) is 19.9. The molecule has 0 saturated heterocycles. The van der Waals surface area contributed by atoms with Crippen LogP contribution in [0.3, 0.4) is 0 Å². The number of ether oxygens (including phenoxy) is 1. The number of rotatable bonds is 5. The summed E-state index contributed by atoms with van der Waals surface area (Å²) in [5.41, 5.74) is -0.503. The summed E-state index contributed by atoms with van der Waals surface area (Å²) >= 11 is 0. The first-order valence-electron chi connectivity index (χ1n) is 7.25. The lowest BCUT2D eigenvalue weighted by atomic mass is 9.89. The van der Waals surface area contributed by atoms with E-state index in [0.29, 0.717) is 6.54 Å². The van der Waals surface area contributed by atoms with Crippen LogP contribution in [0.25, 0.3) is 0 Å². The summed E-state index contributed by atoms with van der Waals surface area (Å²) < 4.78 is 20.6. The third-order valence-electron chi connectivity index (χ3n) is 3.45. The topological polar surface area (TPSA) is 29.5 Å². The Morgan fingerprint density at radius 3 is 1.75 bits per heavy atom. The summed E-state index contributed by atoms with van der Waals surface area (Å²) in [5, 5.41) is 0. The normalized spacial score (nSPS) is 18.9. The Balaban J connectivity index is 5.15. The number of nitrogens with zero attached hydrogens (tertiary/aromatic N) is 1. The lowest BCUT2D eigenvalue weighted by Crippen LogP contribution is -2.53. The van der Waals surface area contributed by atoms with Crippen molar-refractivity contribution in [2.45, 2.75) is 79.6 Å². The summed E-state index contributed by atoms with van der Waals surface area (Å²) in [4.78, 5) is 0. The monoisotopic (exact) mass is 305 g/mol. The minimum absolute atomic E-state index is 0.0852. The molecule has 0 saturated carbocycles. The fourth-order valence-electron chi connectivity index (χ4n) is 1.99. The lowest BCUT2D eigenvalue weighted by molar-refractivity contribution is -0.113. The molecular weight excluding hydrogens is 270 g/mol. The van der Waals surface area contributed by atoms with Gasteiger partial charge in [0.15, 0.2) is 0 Å². The van der Waals surface area contributed by atoms with Crippen molar-refractivity contribution in [2.75, 3.05) is 12.8 Å². The fraction of sp³-hybridized carbons (Fsp3) is 0.938. The quantitative estimate of drug-likeness (QED) is 0.727. The van der Waals surface area contributed by atoms with Gasteiger partial charge in [0, 0.05) is 28.0 Å². The maximum atomic E-state index is 12.5. The van der Waals surface area contributed by atoms with Gasteiger partial charge in [0.2, 0.25) is 0 Å². The van der Waals surface area contributed by atoms with Crippen molar-refractivity contribution in [3.63, 3.8) is 0 Å². The molecule has 0 amide bonds. The predicted octanol–water partition coefficient (Wildman–Crippen LogP) is 3.58. The van der Waals surface area contributed by atoms with Gasteiger partial charge in [-0.15, -0.1) is 0 Å². The third kappa shape index (κ3) is 6.59. The van der Waals surface area contributed by atoms with Crippen LogP contribution in [-0.4, -0.2) is 44.4 Å². The molecule has 0 aliphatic rings. The molecule has 20 heavy (non-hydrogen) atoms. The van der Waals surface area contributed by atoms with Gasteiger partial charge in [0.1, 0.15) is 0 Å². The van der Waals surface area contributed by atoms with Crippen LogP contribution >= 0.6 is 0 Å². The molecule has 2 unspecified atom stereocenters. The van der Waals surface area contributed by atoms with E-state index in [-0.39, 0.29) is 22.7 Å². The molecule has 0 heterocycles. The van der Waals surface area contributed by atoms with Gasteiger partial charge >= 0.3 is 0 Å². The van der Waals surface area contributed by atoms with Gasteiger partial charge in [-0.2, -0.15) is 0 Å². The highest BCUT2D eigenvalue weighted by molar-refractivity contribution is 7.97. The second kappa shape index (κ2) is 5.98. The molecule has 0 fully saturated rings. The molecule has 0 bridgehead atoms. The highest BCUT2D eigenvalue weighted by atomic mass is 32.2. The molecule has 0 radical (unpaired) electrons. The second-order valence-corrected chi connectivity index (χ2v) is 10.9. The van der Waals surface area contributed by atoms with Crippen LogP contribution in [0.1, 0.15) is 62.3 Å². The molecule has 0 N–H and O–H groups in total. The van der Waals surface area contributed by atoms with E-state index in [0.717, 1.165) is 0 Å². The standard InChI is InChI=1S/C16H35NO2S/c1-13(14(2,3)4)19-16(8,9)12-17(15(5,6)7)20(10,11)18/h13H,10,12H2,1-9,11H3. The lowest BCUT2D eigenvalue weighted by Gasteiger charge is -2.43. The molecule has 2 atom stereocenters. The van der Waals surface area contributed by atoms with Gasteiger partial charge < -0.3 is 4.74 Å². The Kier molecular flexibility index (Phi) is 5.96. The van der Waals surface area contributed by atoms with Crippen molar-refractivity contribution in [1.82, 2.24) is 4.31 Å². The molecule has 0 aromatic heterocycles. The van der Waals surface area contributed by atoms with Crippen LogP contribution in [0.5, 0.6) is 0 Å². The average Bonchev–Trinajstić information content (AvgIpc) is 2.08. The van der Waals surface area contributed by atoms with E-state index in [1.165, 1.54) is 0 Å².